The second-order valence-corrected chi connectivity index (χ2v) is 1.83. The van der Waals surface area contributed by atoms with Crippen molar-refractivity contribution in [1.82, 2.24) is 4.98 Å². The number of hydrogen-bond donors (Lipinski definition) is 0. The van der Waals surface area contributed by atoms with Gasteiger partial charge in [-0.25, -0.2) is 4.98 Å². The number of nitrogens with zero attached hydrogens (tertiary/aromatic N) is 1. The van der Waals surface area contributed by atoms with E-state index in [1.54, 1.807) is 6.20 Å². The van der Waals surface area contributed by atoms with Gasteiger partial charge in [-0.15, -0.1) is 0 Å². The molecule has 0 aliphatic heterocycles. The molecule has 0 atom stereocenters. The van der Waals surface area contributed by atoms with Crippen molar-refractivity contribution in [2.75, 3.05) is 0 Å². The van der Waals surface area contributed by atoms with Gasteiger partial charge >= 0.3 is 0 Å². The van der Waals surface area contributed by atoms with E-state index in [4.69, 9.17) is 0 Å². The summed E-state index contributed by atoms with van der Waals surface area (Å²) in [6.45, 7) is 0. The standard InChI is InChI=1S/C6H6.C3H3NO/c1-2-4-6-5-3-1;1-2-5-3-4-1/h1-6H;1-3H. The molecule has 0 saturated heterocycles. The summed E-state index contributed by atoms with van der Waals surface area (Å²) in [7, 11) is 0. The van der Waals surface area contributed by atoms with Crippen LogP contribution < -0.4 is 0 Å². The largest absolute Gasteiger partial charge is 0.452 e. The average molecular weight is 147 g/mol. The molecule has 0 N–H and O–H groups in total. The summed E-state index contributed by atoms with van der Waals surface area (Å²) in [5.74, 6) is 0. The van der Waals surface area contributed by atoms with Crippen molar-refractivity contribution in [2.24, 2.45) is 0 Å². The van der Waals surface area contributed by atoms with Crippen LogP contribution >= 0.6 is 0 Å². The molecule has 0 spiro atoms. The third kappa shape index (κ3) is 3.92. The molecule has 1 heterocycles. The lowest BCUT2D eigenvalue weighted by Gasteiger charge is -1.69. The highest BCUT2D eigenvalue weighted by molar-refractivity contribution is 4.99. The van der Waals surface area contributed by atoms with Crippen LogP contribution in [0.5, 0.6) is 0 Å². The Morgan fingerprint density at radius 1 is 0.818 bits per heavy atom. The summed E-state index contributed by atoms with van der Waals surface area (Å²) in [6, 6.07) is 12.0. The average Bonchev–Trinajstić information content (AvgIpc) is 2.64. The number of hydrogen-bond acceptors (Lipinski definition) is 2. The van der Waals surface area contributed by atoms with E-state index >= 15 is 0 Å². The van der Waals surface area contributed by atoms with Gasteiger partial charge in [0.15, 0.2) is 6.39 Å². The molecule has 0 fully saturated rings. The maximum Gasteiger partial charge on any atom is 0.180 e. The van der Waals surface area contributed by atoms with Gasteiger partial charge in [0.1, 0.15) is 6.26 Å². The lowest BCUT2D eigenvalue weighted by atomic mass is 10.4. The number of aromatic nitrogens is 1. The van der Waals surface area contributed by atoms with Crippen LogP contribution in [0.3, 0.4) is 0 Å². The first-order chi connectivity index (χ1) is 5.50. The van der Waals surface area contributed by atoms with E-state index in [0.29, 0.717) is 0 Å². The normalized spacial score (nSPS) is 8.00. The van der Waals surface area contributed by atoms with Gasteiger partial charge in [0.2, 0.25) is 0 Å². The van der Waals surface area contributed by atoms with Gasteiger partial charge < -0.3 is 4.42 Å². The van der Waals surface area contributed by atoms with E-state index in [1.807, 2.05) is 36.4 Å². The smallest absolute Gasteiger partial charge is 0.180 e. The van der Waals surface area contributed by atoms with Crippen LogP contribution in [0.2, 0.25) is 0 Å². The fourth-order valence-electron chi connectivity index (χ4n) is 0.561. The maximum absolute atomic E-state index is 4.47. The van der Waals surface area contributed by atoms with Crippen LogP contribution in [0.4, 0.5) is 0 Å². The zero-order chi connectivity index (χ0) is 7.78. The molecule has 1 aromatic heterocycles. The van der Waals surface area contributed by atoms with Gasteiger partial charge in [-0.05, 0) is 0 Å². The van der Waals surface area contributed by atoms with E-state index in [9.17, 15) is 0 Å². The maximum atomic E-state index is 4.47. The van der Waals surface area contributed by atoms with Crippen molar-refractivity contribution >= 4 is 0 Å². The van der Waals surface area contributed by atoms with Crippen LogP contribution in [-0.2, 0) is 0 Å². The third-order valence-electron chi connectivity index (χ3n) is 1.01. The van der Waals surface area contributed by atoms with Crippen molar-refractivity contribution in [3.8, 4) is 0 Å². The lowest BCUT2D eigenvalue weighted by molar-refractivity contribution is 0.558. The van der Waals surface area contributed by atoms with E-state index in [1.165, 1.54) is 12.7 Å². The topological polar surface area (TPSA) is 26.0 Å². The van der Waals surface area contributed by atoms with Crippen LogP contribution in [0.1, 0.15) is 0 Å². The quantitative estimate of drug-likeness (QED) is 0.571. The van der Waals surface area contributed by atoms with Crippen LogP contribution in [-0.4, -0.2) is 4.98 Å². The Kier molecular flexibility index (Phi) is 3.59. The fraction of sp³-hybridized carbons (Fsp3) is 0. The summed E-state index contributed by atoms with van der Waals surface area (Å²) in [4.78, 5) is 3.56. The van der Waals surface area contributed by atoms with Gasteiger partial charge in [-0.3, -0.25) is 0 Å². The van der Waals surface area contributed by atoms with E-state index < -0.39 is 0 Å². The van der Waals surface area contributed by atoms with Crippen molar-refractivity contribution in [3.63, 3.8) is 0 Å². The summed E-state index contributed by atoms with van der Waals surface area (Å²) in [5.41, 5.74) is 0. The molecule has 11 heavy (non-hydrogen) atoms. The van der Waals surface area contributed by atoms with E-state index in [2.05, 4.69) is 9.40 Å². The Morgan fingerprint density at radius 2 is 1.36 bits per heavy atom. The van der Waals surface area contributed by atoms with E-state index in [0.717, 1.165) is 0 Å². The zero-order valence-corrected chi connectivity index (χ0v) is 6.05. The Labute approximate surface area is 65.5 Å². The second-order valence-electron chi connectivity index (χ2n) is 1.83. The monoisotopic (exact) mass is 147 g/mol. The SMILES string of the molecule is c1ccccc1.c1cocn1. The molecule has 0 aliphatic rings. The predicted octanol–water partition coefficient (Wildman–Crippen LogP) is 2.36. The molecule has 0 radical (unpaired) electrons. The van der Waals surface area contributed by atoms with Gasteiger partial charge in [0, 0.05) is 0 Å². The van der Waals surface area contributed by atoms with Gasteiger partial charge in [0.25, 0.3) is 0 Å². The first-order valence-corrected chi connectivity index (χ1v) is 3.32. The van der Waals surface area contributed by atoms with Gasteiger partial charge in [-0.2, -0.15) is 0 Å². The molecular weight excluding hydrogens is 138 g/mol. The highest BCUT2D eigenvalue weighted by atomic mass is 16.3. The Bertz CT molecular complexity index is 195. The second kappa shape index (κ2) is 5.23. The molecule has 0 saturated carbocycles. The molecule has 0 bridgehead atoms. The van der Waals surface area contributed by atoms with Crippen molar-refractivity contribution in [3.05, 3.63) is 55.3 Å². The highest BCUT2D eigenvalue weighted by Gasteiger charge is 1.59. The first kappa shape index (κ1) is 7.54. The van der Waals surface area contributed by atoms with Crippen LogP contribution in [0.15, 0.2) is 59.7 Å². The fourth-order valence-corrected chi connectivity index (χ4v) is 0.561. The lowest BCUT2D eigenvalue weighted by Crippen LogP contribution is -1.47. The molecule has 1 aromatic carbocycles. The summed E-state index contributed by atoms with van der Waals surface area (Å²) in [6.07, 6.45) is 4.47. The third-order valence-corrected chi connectivity index (χ3v) is 1.01. The minimum absolute atomic E-state index is 1.38. The predicted molar refractivity (Wildman–Crippen MR) is 42.9 cm³/mol. The molecule has 0 aliphatic carbocycles. The number of rotatable bonds is 0. The van der Waals surface area contributed by atoms with E-state index in [-0.39, 0.29) is 0 Å². The van der Waals surface area contributed by atoms with Crippen LogP contribution in [0, 0.1) is 0 Å². The van der Waals surface area contributed by atoms with Crippen molar-refractivity contribution in [2.45, 2.75) is 0 Å². The molecule has 0 unspecified atom stereocenters. The molecule has 2 heteroatoms. The summed E-state index contributed by atoms with van der Waals surface area (Å²) >= 11 is 0. The van der Waals surface area contributed by atoms with Gasteiger partial charge in [0.05, 0.1) is 6.20 Å². The first-order valence-electron chi connectivity index (χ1n) is 3.32. The van der Waals surface area contributed by atoms with Crippen molar-refractivity contribution < 1.29 is 4.42 Å². The Morgan fingerprint density at radius 3 is 1.55 bits per heavy atom. The summed E-state index contributed by atoms with van der Waals surface area (Å²) < 4.78 is 4.47. The number of benzene rings is 1. The molecule has 2 aromatic rings. The zero-order valence-electron chi connectivity index (χ0n) is 6.05. The summed E-state index contributed by atoms with van der Waals surface area (Å²) in [5, 5.41) is 0. The Hall–Kier alpha value is -1.57. The highest BCUT2D eigenvalue weighted by Crippen LogP contribution is 1.79. The molecular formula is C9H9NO. The van der Waals surface area contributed by atoms with Crippen LogP contribution in [0.25, 0.3) is 0 Å². The molecule has 56 valence electrons. The van der Waals surface area contributed by atoms with Gasteiger partial charge in [-0.1, -0.05) is 36.4 Å². The minimum atomic E-state index is 1.38. The van der Waals surface area contributed by atoms with Crippen molar-refractivity contribution in [1.29, 1.82) is 0 Å². The Balaban J connectivity index is 0.000000112. The number of oxazole rings is 1. The molecule has 2 rings (SSSR count). The minimum Gasteiger partial charge on any atom is -0.452 e. The molecule has 2 nitrogen and oxygen atoms in total. The molecule has 0 amide bonds.